The highest BCUT2D eigenvalue weighted by Gasteiger charge is 2.55. The Bertz CT molecular complexity index is 763. The highest BCUT2D eigenvalue weighted by atomic mass is 31.0. The van der Waals surface area contributed by atoms with Crippen LogP contribution in [-0.2, 0) is 9.59 Å². The number of Topliss-reactive ketones (excluding diaryl/α,β-unsaturated/α-hetero) is 2. The summed E-state index contributed by atoms with van der Waals surface area (Å²) in [4.78, 5) is 25.7. The fourth-order valence-corrected chi connectivity index (χ4v) is 6.16. The maximum atomic E-state index is 12.8. The van der Waals surface area contributed by atoms with E-state index in [-0.39, 0.29) is 12.8 Å². The summed E-state index contributed by atoms with van der Waals surface area (Å²) in [6.07, 6.45) is 39.0. The molecule has 0 radical (unpaired) electrons. The van der Waals surface area contributed by atoms with Gasteiger partial charge < -0.3 is 15.3 Å². The van der Waals surface area contributed by atoms with E-state index in [1.54, 1.807) is 0 Å². The number of carbonyl (C=O) groups excluding carboxylic acids is 2. The summed E-state index contributed by atoms with van der Waals surface area (Å²) in [7, 11) is 1.96. The molecule has 5 nitrogen and oxygen atoms in total. The van der Waals surface area contributed by atoms with Crippen LogP contribution in [0, 0.1) is 0 Å². The zero-order chi connectivity index (χ0) is 33.5. The molecule has 0 spiro atoms. The molecule has 0 heterocycles. The van der Waals surface area contributed by atoms with Gasteiger partial charge in [0.25, 0.3) is 0 Å². The Morgan fingerprint density at radius 3 is 1.11 bits per heavy atom. The van der Waals surface area contributed by atoms with Crippen LogP contribution in [-0.4, -0.2) is 44.4 Å². The first-order valence-corrected chi connectivity index (χ1v) is 19.6. The van der Waals surface area contributed by atoms with Crippen molar-refractivity contribution in [3.63, 3.8) is 0 Å². The molecule has 0 aromatic carbocycles. The first-order chi connectivity index (χ1) is 21.8. The van der Waals surface area contributed by atoms with Crippen molar-refractivity contribution in [3.05, 3.63) is 24.3 Å². The van der Waals surface area contributed by atoms with Gasteiger partial charge in [0, 0.05) is 12.8 Å². The molecular weight excluding hydrogens is 579 g/mol. The van der Waals surface area contributed by atoms with E-state index >= 15 is 0 Å². The summed E-state index contributed by atoms with van der Waals surface area (Å²) in [5.74, 6) is -1.28. The van der Waals surface area contributed by atoms with E-state index in [0.717, 1.165) is 64.2 Å². The minimum atomic E-state index is -2.49. The van der Waals surface area contributed by atoms with Crippen LogP contribution in [0.5, 0.6) is 0 Å². The van der Waals surface area contributed by atoms with E-state index in [1.807, 2.05) is 9.24 Å². The summed E-state index contributed by atoms with van der Waals surface area (Å²) in [6.45, 7) is 3.51. The van der Waals surface area contributed by atoms with Crippen molar-refractivity contribution in [1.82, 2.24) is 0 Å². The van der Waals surface area contributed by atoms with E-state index in [9.17, 15) is 24.9 Å². The Labute approximate surface area is 280 Å². The minimum absolute atomic E-state index is 0.0343. The molecule has 3 N–H and O–H groups in total. The second-order valence-electron chi connectivity index (χ2n) is 13.3. The van der Waals surface area contributed by atoms with Crippen molar-refractivity contribution in [2.45, 2.75) is 205 Å². The van der Waals surface area contributed by atoms with E-state index in [4.69, 9.17) is 0 Å². The average Bonchev–Trinajstić information content (AvgIpc) is 3.03. The first-order valence-electron chi connectivity index (χ1n) is 19.0. The SMILES string of the molecule is CCCCCCCC/C=C\CCCCCCCC(=O)C(O)(P)C(O)(CO)C(=O)CCCCCCC/C=C\CCCCCCCC. The van der Waals surface area contributed by atoms with E-state index in [1.165, 1.54) is 89.9 Å². The number of hydrogen-bond donors (Lipinski definition) is 3. The van der Waals surface area contributed by atoms with Gasteiger partial charge >= 0.3 is 0 Å². The van der Waals surface area contributed by atoms with Gasteiger partial charge in [0.2, 0.25) is 0 Å². The maximum absolute atomic E-state index is 12.8. The zero-order valence-corrected chi connectivity index (χ0v) is 30.7. The second kappa shape index (κ2) is 30.5. The Balaban J connectivity index is 4.04. The number of allylic oxidation sites excluding steroid dienone is 4. The van der Waals surface area contributed by atoms with Crippen molar-refractivity contribution in [2.24, 2.45) is 0 Å². The largest absolute Gasteiger partial charge is 0.393 e. The monoisotopic (exact) mass is 653 g/mol. The van der Waals surface area contributed by atoms with Crippen molar-refractivity contribution >= 4 is 20.8 Å². The molecule has 0 aromatic heterocycles. The Morgan fingerprint density at radius 1 is 0.489 bits per heavy atom. The van der Waals surface area contributed by atoms with Gasteiger partial charge in [-0.3, -0.25) is 9.59 Å². The number of hydrogen-bond acceptors (Lipinski definition) is 5. The molecule has 3 unspecified atom stereocenters. The van der Waals surface area contributed by atoms with E-state index in [2.05, 4.69) is 38.2 Å². The summed E-state index contributed by atoms with van der Waals surface area (Å²) in [5, 5.41) is 29.3. The van der Waals surface area contributed by atoms with Crippen molar-refractivity contribution < 1.29 is 24.9 Å². The number of carbonyl (C=O) groups is 2. The van der Waals surface area contributed by atoms with Gasteiger partial charge in [0.15, 0.2) is 22.5 Å². The van der Waals surface area contributed by atoms with Crippen LogP contribution in [0.2, 0.25) is 0 Å². The number of aliphatic hydroxyl groups is 3. The number of unbranched alkanes of at least 4 members (excludes halogenated alkanes) is 22. The molecule has 3 atom stereocenters. The summed E-state index contributed by atoms with van der Waals surface area (Å²) < 4.78 is 0. The van der Waals surface area contributed by atoms with Crippen LogP contribution in [0.1, 0.15) is 194 Å². The zero-order valence-electron chi connectivity index (χ0n) is 29.6. The van der Waals surface area contributed by atoms with Gasteiger partial charge in [-0.1, -0.05) is 150 Å². The third kappa shape index (κ3) is 22.4. The average molecular weight is 653 g/mol. The van der Waals surface area contributed by atoms with Gasteiger partial charge in [-0.25, -0.2) is 0 Å². The molecule has 6 heteroatoms. The summed E-state index contributed by atoms with van der Waals surface area (Å²) in [6, 6.07) is 0. The quantitative estimate of drug-likeness (QED) is 0.0365. The molecule has 0 rings (SSSR count). The fourth-order valence-electron chi connectivity index (χ4n) is 5.76. The highest BCUT2D eigenvalue weighted by molar-refractivity contribution is 7.21. The van der Waals surface area contributed by atoms with Gasteiger partial charge in [-0.15, -0.1) is 0 Å². The lowest BCUT2D eigenvalue weighted by atomic mass is 9.85. The van der Waals surface area contributed by atoms with Crippen LogP contribution >= 0.6 is 9.24 Å². The van der Waals surface area contributed by atoms with Crippen LogP contribution in [0.15, 0.2) is 24.3 Å². The maximum Gasteiger partial charge on any atom is 0.185 e. The summed E-state index contributed by atoms with van der Waals surface area (Å²) >= 11 is 0. The Kier molecular flexibility index (Phi) is 29.9. The standard InChI is InChI=1S/C39H73O5P/c1-3-5-7-9-11-13-15-17-19-21-23-25-27-29-31-33-36(41)38(43,35-40)39(44,45)37(42)34-32-30-28-26-24-22-20-18-16-14-12-10-8-6-4-2/h17-20,40,43-44H,3-16,21-35,45H2,1-2H3/b19-17-,20-18-. The number of aliphatic hydroxyl groups excluding tert-OH is 1. The van der Waals surface area contributed by atoms with Crippen molar-refractivity contribution in [3.8, 4) is 0 Å². The number of rotatable bonds is 34. The smallest absolute Gasteiger partial charge is 0.185 e. The topological polar surface area (TPSA) is 94.8 Å². The molecule has 45 heavy (non-hydrogen) atoms. The Morgan fingerprint density at radius 2 is 0.778 bits per heavy atom. The van der Waals surface area contributed by atoms with Gasteiger partial charge in [-0.2, -0.15) is 0 Å². The van der Waals surface area contributed by atoms with Crippen LogP contribution in [0.4, 0.5) is 0 Å². The van der Waals surface area contributed by atoms with Crippen LogP contribution in [0.3, 0.4) is 0 Å². The van der Waals surface area contributed by atoms with Gasteiger partial charge in [-0.05, 0) is 64.2 Å². The summed E-state index contributed by atoms with van der Waals surface area (Å²) in [5.41, 5.74) is -2.49. The molecule has 0 amide bonds. The molecule has 0 aliphatic carbocycles. The lowest BCUT2D eigenvalue weighted by Crippen LogP contribution is -2.62. The van der Waals surface area contributed by atoms with Crippen molar-refractivity contribution in [2.75, 3.05) is 6.61 Å². The van der Waals surface area contributed by atoms with Crippen LogP contribution in [0.25, 0.3) is 0 Å². The molecule has 0 saturated heterocycles. The van der Waals surface area contributed by atoms with Crippen molar-refractivity contribution in [1.29, 1.82) is 0 Å². The first kappa shape index (κ1) is 44.1. The minimum Gasteiger partial charge on any atom is -0.393 e. The molecule has 0 fully saturated rings. The molecule has 0 aliphatic rings. The lowest BCUT2D eigenvalue weighted by Gasteiger charge is -2.37. The van der Waals surface area contributed by atoms with E-state index in [0.29, 0.717) is 12.8 Å². The third-order valence-electron chi connectivity index (χ3n) is 9.08. The number of ketones is 2. The molecule has 0 bridgehead atoms. The second-order valence-corrected chi connectivity index (χ2v) is 14.1. The van der Waals surface area contributed by atoms with Crippen LogP contribution < -0.4 is 0 Å². The predicted molar refractivity (Wildman–Crippen MR) is 196 cm³/mol. The van der Waals surface area contributed by atoms with Gasteiger partial charge in [0.05, 0.1) is 6.61 Å². The third-order valence-corrected chi connectivity index (χ3v) is 9.88. The molecular formula is C39H73O5P. The lowest BCUT2D eigenvalue weighted by molar-refractivity contribution is -0.172. The predicted octanol–water partition coefficient (Wildman–Crippen LogP) is 10.5. The highest BCUT2D eigenvalue weighted by Crippen LogP contribution is 2.34. The molecule has 0 saturated carbocycles. The van der Waals surface area contributed by atoms with Gasteiger partial charge in [0.1, 0.15) is 0 Å². The Hall–Kier alpha value is -0.870. The normalized spacial score (nSPS) is 14.7. The molecule has 264 valence electrons. The molecule has 0 aliphatic heterocycles. The fraction of sp³-hybridized carbons (Fsp3) is 0.846. The molecule has 0 aromatic rings. The van der Waals surface area contributed by atoms with E-state index < -0.39 is 29.1 Å².